The SMILES string of the molecule is CCn1cc(S(=O)(=O)Nc2cnn(C)c2)cc1CO. The number of sulfonamides is 1. The molecule has 0 spiro atoms. The highest BCUT2D eigenvalue weighted by Crippen LogP contribution is 2.18. The maximum Gasteiger partial charge on any atom is 0.263 e. The quantitative estimate of drug-likeness (QED) is 0.838. The molecule has 2 rings (SSSR count). The number of aliphatic hydroxyl groups excluding tert-OH is 1. The summed E-state index contributed by atoms with van der Waals surface area (Å²) in [6.07, 6.45) is 4.51. The molecular weight excluding hydrogens is 268 g/mol. The fourth-order valence-electron chi connectivity index (χ4n) is 1.79. The second kappa shape index (κ2) is 5.06. The van der Waals surface area contributed by atoms with Gasteiger partial charge in [-0.05, 0) is 13.0 Å². The van der Waals surface area contributed by atoms with E-state index in [-0.39, 0.29) is 11.5 Å². The standard InChI is InChI=1S/C11H16N4O3S/c1-3-15-7-11(4-10(15)8-16)19(17,18)13-9-5-12-14(2)6-9/h4-7,13,16H,3,8H2,1-2H3. The molecule has 0 bridgehead atoms. The number of nitrogens with one attached hydrogen (secondary N) is 1. The molecule has 0 aliphatic carbocycles. The van der Waals surface area contributed by atoms with Crippen LogP contribution in [0.1, 0.15) is 12.6 Å². The Morgan fingerprint density at radius 1 is 1.42 bits per heavy atom. The fraction of sp³-hybridized carbons (Fsp3) is 0.364. The summed E-state index contributed by atoms with van der Waals surface area (Å²) in [4.78, 5) is 0.127. The van der Waals surface area contributed by atoms with Gasteiger partial charge in [0.15, 0.2) is 0 Å². The molecule has 0 fully saturated rings. The summed E-state index contributed by atoms with van der Waals surface area (Å²) in [7, 11) is -1.95. The van der Waals surface area contributed by atoms with Crippen molar-refractivity contribution in [1.82, 2.24) is 14.3 Å². The summed E-state index contributed by atoms with van der Waals surface area (Å²) in [5.74, 6) is 0. The largest absolute Gasteiger partial charge is 0.390 e. The summed E-state index contributed by atoms with van der Waals surface area (Å²) in [6.45, 7) is 2.28. The monoisotopic (exact) mass is 284 g/mol. The molecule has 0 saturated carbocycles. The molecular formula is C11H16N4O3S. The zero-order valence-corrected chi connectivity index (χ0v) is 11.6. The van der Waals surface area contributed by atoms with E-state index in [1.165, 1.54) is 23.1 Å². The summed E-state index contributed by atoms with van der Waals surface area (Å²) < 4.78 is 30.0. The van der Waals surface area contributed by atoms with Crippen molar-refractivity contribution in [3.8, 4) is 0 Å². The molecule has 2 heterocycles. The summed E-state index contributed by atoms with van der Waals surface area (Å²) >= 11 is 0. The Morgan fingerprint density at radius 2 is 2.16 bits per heavy atom. The van der Waals surface area contributed by atoms with Crippen LogP contribution in [0.15, 0.2) is 29.6 Å². The number of anilines is 1. The molecule has 0 saturated heterocycles. The van der Waals surface area contributed by atoms with Crippen molar-refractivity contribution in [2.75, 3.05) is 4.72 Å². The third-order valence-electron chi connectivity index (χ3n) is 2.73. The lowest BCUT2D eigenvalue weighted by Gasteiger charge is -2.03. The van der Waals surface area contributed by atoms with Gasteiger partial charge in [0.1, 0.15) is 4.90 Å². The predicted molar refractivity (Wildman–Crippen MR) is 70.0 cm³/mol. The zero-order valence-electron chi connectivity index (χ0n) is 10.7. The van der Waals surface area contributed by atoms with E-state index in [4.69, 9.17) is 0 Å². The van der Waals surface area contributed by atoms with Gasteiger partial charge < -0.3 is 9.67 Å². The second-order valence-corrected chi connectivity index (χ2v) is 5.80. The van der Waals surface area contributed by atoms with Gasteiger partial charge in [0.25, 0.3) is 10.0 Å². The average molecular weight is 284 g/mol. The van der Waals surface area contributed by atoms with Gasteiger partial charge in [0.05, 0.1) is 18.5 Å². The molecule has 2 aromatic heterocycles. The van der Waals surface area contributed by atoms with Crippen molar-refractivity contribution in [2.24, 2.45) is 7.05 Å². The van der Waals surface area contributed by atoms with Crippen LogP contribution in [0.4, 0.5) is 5.69 Å². The minimum absolute atomic E-state index is 0.127. The molecule has 0 aliphatic rings. The van der Waals surface area contributed by atoms with Crippen LogP contribution in [-0.2, 0) is 30.2 Å². The average Bonchev–Trinajstić information content (AvgIpc) is 2.94. The Hall–Kier alpha value is -1.80. The number of hydrogen-bond acceptors (Lipinski definition) is 4. The van der Waals surface area contributed by atoms with Crippen LogP contribution in [0.2, 0.25) is 0 Å². The van der Waals surface area contributed by atoms with Crippen LogP contribution >= 0.6 is 0 Å². The second-order valence-electron chi connectivity index (χ2n) is 4.12. The van der Waals surface area contributed by atoms with Crippen molar-refractivity contribution in [2.45, 2.75) is 25.0 Å². The Bertz CT molecular complexity index is 650. The zero-order chi connectivity index (χ0) is 14.0. The normalized spacial score (nSPS) is 11.7. The first-order valence-electron chi connectivity index (χ1n) is 5.77. The number of aryl methyl sites for hydroxylation is 2. The van der Waals surface area contributed by atoms with E-state index in [2.05, 4.69) is 9.82 Å². The first-order valence-corrected chi connectivity index (χ1v) is 7.26. The molecule has 104 valence electrons. The van der Waals surface area contributed by atoms with E-state index in [9.17, 15) is 13.5 Å². The third-order valence-corrected chi connectivity index (χ3v) is 4.08. The Labute approximate surface area is 111 Å². The minimum atomic E-state index is -3.66. The van der Waals surface area contributed by atoms with Gasteiger partial charge in [0.2, 0.25) is 0 Å². The van der Waals surface area contributed by atoms with Gasteiger partial charge in [0, 0.05) is 31.7 Å². The van der Waals surface area contributed by atoms with Crippen LogP contribution in [0.3, 0.4) is 0 Å². The lowest BCUT2D eigenvalue weighted by Crippen LogP contribution is -2.11. The van der Waals surface area contributed by atoms with Crippen LogP contribution < -0.4 is 4.72 Å². The van der Waals surface area contributed by atoms with Crippen molar-refractivity contribution < 1.29 is 13.5 Å². The molecule has 8 heteroatoms. The highest BCUT2D eigenvalue weighted by molar-refractivity contribution is 7.92. The summed E-state index contributed by atoms with van der Waals surface area (Å²) in [5, 5.41) is 13.1. The topological polar surface area (TPSA) is 89.2 Å². The van der Waals surface area contributed by atoms with Crippen molar-refractivity contribution >= 4 is 15.7 Å². The molecule has 2 aromatic rings. The fourth-order valence-corrected chi connectivity index (χ4v) is 2.88. The van der Waals surface area contributed by atoms with Gasteiger partial charge in [-0.3, -0.25) is 9.40 Å². The van der Waals surface area contributed by atoms with Gasteiger partial charge in [-0.15, -0.1) is 0 Å². The van der Waals surface area contributed by atoms with Crippen LogP contribution in [0, 0.1) is 0 Å². The molecule has 0 aliphatic heterocycles. The van der Waals surface area contributed by atoms with E-state index in [1.54, 1.807) is 17.8 Å². The molecule has 0 radical (unpaired) electrons. The number of rotatable bonds is 5. The highest BCUT2D eigenvalue weighted by Gasteiger charge is 2.18. The predicted octanol–water partition coefficient (Wildman–Crippen LogP) is 0.535. The van der Waals surface area contributed by atoms with Gasteiger partial charge in [-0.2, -0.15) is 5.10 Å². The van der Waals surface area contributed by atoms with Crippen molar-refractivity contribution in [1.29, 1.82) is 0 Å². The van der Waals surface area contributed by atoms with E-state index in [1.807, 2.05) is 6.92 Å². The number of hydrogen-bond donors (Lipinski definition) is 2. The van der Waals surface area contributed by atoms with Crippen molar-refractivity contribution in [3.05, 3.63) is 30.4 Å². The molecule has 0 unspecified atom stereocenters. The number of aliphatic hydroxyl groups is 1. The first-order chi connectivity index (χ1) is 8.96. The lowest BCUT2D eigenvalue weighted by molar-refractivity contribution is 0.271. The molecule has 19 heavy (non-hydrogen) atoms. The minimum Gasteiger partial charge on any atom is -0.390 e. The van der Waals surface area contributed by atoms with Gasteiger partial charge in [-0.1, -0.05) is 0 Å². The smallest absolute Gasteiger partial charge is 0.263 e. The first kappa shape index (κ1) is 13.6. The molecule has 0 aromatic carbocycles. The third kappa shape index (κ3) is 2.79. The van der Waals surface area contributed by atoms with E-state index in [0.717, 1.165) is 0 Å². The summed E-state index contributed by atoms with van der Waals surface area (Å²) in [5.41, 5.74) is 0.964. The maximum absolute atomic E-state index is 12.2. The van der Waals surface area contributed by atoms with Crippen LogP contribution in [-0.4, -0.2) is 27.9 Å². The van der Waals surface area contributed by atoms with Crippen molar-refractivity contribution in [3.63, 3.8) is 0 Å². The van der Waals surface area contributed by atoms with E-state index >= 15 is 0 Å². The van der Waals surface area contributed by atoms with E-state index in [0.29, 0.717) is 17.9 Å². The lowest BCUT2D eigenvalue weighted by atomic mass is 10.4. The molecule has 2 N–H and O–H groups in total. The van der Waals surface area contributed by atoms with Crippen LogP contribution in [0.25, 0.3) is 0 Å². The maximum atomic E-state index is 12.2. The number of aromatic nitrogens is 3. The van der Waals surface area contributed by atoms with Crippen LogP contribution in [0.5, 0.6) is 0 Å². The van der Waals surface area contributed by atoms with Gasteiger partial charge >= 0.3 is 0 Å². The number of nitrogens with zero attached hydrogens (tertiary/aromatic N) is 3. The Kier molecular flexibility index (Phi) is 3.63. The highest BCUT2D eigenvalue weighted by atomic mass is 32.2. The van der Waals surface area contributed by atoms with E-state index < -0.39 is 10.0 Å². The molecule has 7 nitrogen and oxygen atoms in total. The summed E-state index contributed by atoms with van der Waals surface area (Å²) in [6, 6.07) is 1.46. The molecule has 0 amide bonds. The Balaban J connectivity index is 2.31. The Morgan fingerprint density at radius 3 is 2.63 bits per heavy atom. The molecule has 0 atom stereocenters. The van der Waals surface area contributed by atoms with Gasteiger partial charge in [-0.25, -0.2) is 8.42 Å².